The third kappa shape index (κ3) is 1.10. The molecule has 4 saturated carbocycles. The lowest BCUT2D eigenvalue weighted by molar-refractivity contribution is -0.235. The van der Waals surface area contributed by atoms with Crippen LogP contribution in [-0.2, 0) is 5.41 Å². The summed E-state index contributed by atoms with van der Waals surface area (Å²) >= 11 is 3.64. The predicted octanol–water partition coefficient (Wildman–Crippen LogP) is 5.91. The number of hydrogen-bond acceptors (Lipinski definition) is 1. The second-order valence-corrected chi connectivity index (χ2v) is 9.72. The monoisotopic (exact) mass is 378 g/mol. The standard InChI is InChI=1S/C22H19BrO/c23-14-5-6-16-18(10-14)24-17-4-2-1-3-15(17)22(16)19-8-12-7-13-9-20(22)21(13,19)11-12/h1-6,10,12-13,19-20H,7-9,11H2. The third-order valence-corrected chi connectivity index (χ3v) is 8.94. The van der Waals surface area contributed by atoms with Crippen LogP contribution in [-0.4, -0.2) is 0 Å². The van der Waals surface area contributed by atoms with Gasteiger partial charge in [-0.1, -0.05) is 40.2 Å². The summed E-state index contributed by atoms with van der Waals surface area (Å²) in [5, 5.41) is 0. The molecule has 2 spiro atoms. The number of rotatable bonds is 0. The van der Waals surface area contributed by atoms with E-state index in [9.17, 15) is 0 Å². The normalized spacial score (nSPS) is 44.9. The summed E-state index contributed by atoms with van der Waals surface area (Å²) in [5.41, 5.74) is 3.87. The van der Waals surface area contributed by atoms with E-state index in [1.165, 1.54) is 36.8 Å². The number of ether oxygens (including phenoxy) is 1. The van der Waals surface area contributed by atoms with Gasteiger partial charge in [-0.3, -0.25) is 0 Å². The molecule has 5 aliphatic rings. The molecule has 4 aliphatic carbocycles. The van der Waals surface area contributed by atoms with E-state index in [2.05, 4.69) is 58.4 Å². The van der Waals surface area contributed by atoms with Gasteiger partial charge in [-0.15, -0.1) is 0 Å². The molecular formula is C22H19BrO. The quantitative estimate of drug-likeness (QED) is 0.553. The molecule has 7 rings (SSSR count). The molecule has 6 unspecified atom stereocenters. The third-order valence-electron chi connectivity index (χ3n) is 8.45. The van der Waals surface area contributed by atoms with Gasteiger partial charge >= 0.3 is 0 Å². The van der Waals surface area contributed by atoms with Gasteiger partial charge in [0.2, 0.25) is 0 Å². The number of para-hydroxylation sites is 1. The highest BCUT2D eigenvalue weighted by atomic mass is 79.9. The van der Waals surface area contributed by atoms with Gasteiger partial charge in [0.25, 0.3) is 0 Å². The van der Waals surface area contributed by atoms with E-state index < -0.39 is 0 Å². The fraction of sp³-hybridized carbons (Fsp3) is 0.455. The fourth-order valence-corrected chi connectivity index (χ4v) is 8.40. The van der Waals surface area contributed by atoms with Crippen LogP contribution in [0.1, 0.15) is 36.8 Å². The first-order valence-corrected chi connectivity index (χ1v) is 10.1. The van der Waals surface area contributed by atoms with Crippen LogP contribution < -0.4 is 4.74 Å². The van der Waals surface area contributed by atoms with E-state index in [0.717, 1.165) is 39.6 Å². The zero-order valence-electron chi connectivity index (χ0n) is 13.5. The van der Waals surface area contributed by atoms with Crippen LogP contribution in [0.4, 0.5) is 0 Å². The van der Waals surface area contributed by atoms with Gasteiger partial charge in [0.1, 0.15) is 11.5 Å². The average molecular weight is 379 g/mol. The molecule has 2 heteroatoms. The minimum atomic E-state index is 0.233. The van der Waals surface area contributed by atoms with E-state index in [-0.39, 0.29) is 5.41 Å². The maximum atomic E-state index is 6.35. The van der Waals surface area contributed by atoms with Crippen molar-refractivity contribution in [2.75, 3.05) is 0 Å². The lowest BCUT2D eigenvalue weighted by Gasteiger charge is -2.77. The molecule has 0 saturated heterocycles. The Morgan fingerprint density at radius 2 is 1.75 bits per heavy atom. The molecule has 24 heavy (non-hydrogen) atoms. The smallest absolute Gasteiger partial charge is 0.132 e. The van der Waals surface area contributed by atoms with Crippen LogP contribution in [0.15, 0.2) is 46.9 Å². The van der Waals surface area contributed by atoms with Crippen LogP contribution in [0.2, 0.25) is 0 Å². The number of hydrogen-bond donors (Lipinski definition) is 0. The summed E-state index contributed by atoms with van der Waals surface area (Å²) in [7, 11) is 0. The molecule has 4 fully saturated rings. The van der Waals surface area contributed by atoms with Gasteiger partial charge in [-0.05, 0) is 73.0 Å². The minimum Gasteiger partial charge on any atom is -0.457 e. The average Bonchev–Trinajstić information content (AvgIpc) is 3.09. The van der Waals surface area contributed by atoms with E-state index in [4.69, 9.17) is 4.74 Å². The number of benzene rings is 2. The Hall–Kier alpha value is -1.28. The van der Waals surface area contributed by atoms with Crippen molar-refractivity contribution >= 4 is 15.9 Å². The first-order valence-electron chi connectivity index (χ1n) is 9.32. The molecule has 120 valence electrons. The van der Waals surface area contributed by atoms with Gasteiger partial charge in [0.15, 0.2) is 0 Å². The molecule has 0 aromatic heterocycles. The molecule has 2 bridgehead atoms. The van der Waals surface area contributed by atoms with Gasteiger partial charge in [-0.2, -0.15) is 0 Å². The van der Waals surface area contributed by atoms with Crippen LogP contribution in [0.3, 0.4) is 0 Å². The van der Waals surface area contributed by atoms with Gasteiger partial charge < -0.3 is 4.74 Å². The summed E-state index contributed by atoms with van der Waals surface area (Å²) in [6, 6.07) is 15.6. The minimum absolute atomic E-state index is 0.233. The maximum Gasteiger partial charge on any atom is 0.132 e. The van der Waals surface area contributed by atoms with Crippen molar-refractivity contribution in [2.24, 2.45) is 29.1 Å². The number of halogens is 1. The molecule has 2 aromatic rings. The Morgan fingerprint density at radius 1 is 0.917 bits per heavy atom. The summed E-state index contributed by atoms with van der Waals surface area (Å²) in [4.78, 5) is 0. The molecule has 0 amide bonds. The van der Waals surface area contributed by atoms with E-state index in [0.29, 0.717) is 5.41 Å². The Balaban J connectivity index is 1.54. The zero-order valence-corrected chi connectivity index (χ0v) is 15.1. The van der Waals surface area contributed by atoms with Gasteiger partial charge in [0.05, 0.1) is 0 Å². The van der Waals surface area contributed by atoms with Crippen molar-refractivity contribution in [1.82, 2.24) is 0 Å². The fourth-order valence-electron chi connectivity index (χ4n) is 8.06. The van der Waals surface area contributed by atoms with E-state index >= 15 is 0 Å². The second-order valence-electron chi connectivity index (χ2n) is 8.80. The van der Waals surface area contributed by atoms with Crippen LogP contribution in [0.25, 0.3) is 0 Å². The molecule has 1 nitrogen and oxygen atoms in total. The highest BCUT2D eigenvalue weighted by Crippen LogP contribution is 2.89. The van der Waals surface area contributed by atoms with Crippen molar-refractivity contribution in [3.05, 3.63) is 58.1 Å². The Bertz CT molecular complexity index is 920. The topological polar surface area (TPSA) is 9.23 Å². The maximum absolute atomic E-state index is 6.35. The molecule has 6 atom stereocenters. The number of fused-ring (bicyclic) bond motifs is 7. The lowest BCUT2D eigenvalue weighted by atomic mass is 9.26. The van der Waals surface area contributed by atoms with Crippen molar-refractivity contribution in [3.8, 4) is 11.5 Å². The lowest BCUT2D eigenvalue weighted by Crippen LogP contribution is -2.74. The summed E-state index contributed by atoms with van der Waals surface area (Å²) in [6.45, 7) is 0. The molecule has 0 radical (unpaired) electrons. The summed E-state index contributed by atoms with van der Waals surface area (Å²) < 4.78 is 7.47. The van der Waals surface area contributed by atoms with Gasteiger partial charge in [0, 0.05) is 21.0 Å². The molecule has 1 heterocycles. The zero-order chi connectivity index (χ0) is 15.7. The second kappa shape index (κ2) is 3.77. The highest BCUT2D eigenvalue weighted by Gasteiger charge is 2.84. The van der Waals surface area contributed by atoms with Crippen LogP contribution in [0.5, 0.6) is 11.5 Å². The Labute approximate surface area is 150 Å². The Kier molecular flexibility index (Phi) is 2.04. The predicted molar refractivity (Wildman–Crippen MR) is 96.3 cm³/mol. The molecule has 0 N–H and O–H groups in total. The molecular weight excluding hydrogens is 360 g/mol. The van der Waals surface area contributed by atoms with Gasteiger partial charge in [-0.25, -0.2) is 0 Å². The van der Waals surface area contributed by atoms with E-state index in [1.807, 2.05) is 0 Å². The van der Waals surface area contributed by atoms with E-state index in [1.54, 1.807) is 0 Å². The molecule has 1 aliphatic heterocycles. The first kappa shape index (κ1) is 13.0. The first-order chi connectivity index (χ1) is 11.7. The summed E-state index contributed by atoms with van der Waals surface area (Å²) in [5.74, 6) is 5.91. The van der Waals surface area contributed by atoms with Crippen molar-refractivity contribution in [1.29, 1.82) is 0 Å². The summed E-state index contributed by atoms with van der Waals surface area (Å²) in [6.07, 6.45) is 5.92. The Morgan fingerprint density at radius 3 is 2.67 bits per heavy atom. The van der Waals surface area contributed by atoms with Crippen LogP contribution >= 0.6 is 15.9 Å². The highest BCUT2D eigenvalue weighted by molar-refractivity contribution is 9.10. The van der Waals surface area contributed by atoms with Crippen molar-refractivity contribution < 1.29 is 4.74 Å². The van der Waals surface area contributed by atoms with Crippen LogP contribution in [0, 0.1) is 29.1 Å². The largest absolute Gasteiger partial charge is 0.457 e. The SMILES string of the molecule is Brc1ccc2c(c1)Oc1ccccc1C21C2CC3CC4CC1C42C3. The van der Waals surface area contributed by atoms with Crippen molar-refractivity contribution in [2.45, 2.75) is 31.1 Å². The molecule has 2 aromatic carbocycles. The van der Waals surface area contributed by atoms with Crippen molar-refractivity contribution in [3.63, 3.8) is 0 Å².